The number of para-hydroxylation sites is 1. The second kappa shape index (κ2) is 5.13. The number of rotatable bonds is 3. The lowest BCUT2D eigenvalue weighted by Gasteiger charge is -2.21. The lowest BCUT2D eigenvalue weighted by atomic mass is 10.2. The van der Waals surface area contributed by atoms with Gasteiger partial charge in [-0.3, -0.25) is 4.31 Å². The van der Waals surface area contributed by atoms with Crippen LogP contribution in [0.25, 0.3) is 0 Å². The van der Waals surface area contributed by atoms with E-state index in [2.05, 4.69) is 0 Å². The molecule has 0 aliphatic carbocycles. The highest BCUT2D eigenvalue weighted by molar-refractivity contribution is 7.92. The van der Waals surface area contributed by atoms with Crippen molar-refractivity contribution >= 4 is 21.4 Å². The number of anilines is 2. The Bertz CT molecular complexity index is 745. The maximum absolute atomic E-state index is 13.1. The summed E-state index contributed by atoms with van der Waals surface area (Å²) in [5, 5.41) is 0. The van der Waals surface area contributed by atoms with E-state index in [-0.39, 0.29) is 10.6 Å². The van der Waals surface area contributed by atoms with Gasteiger partial charge in [-0.15, -0.1) is 0 Å². The third kappa shape index (κ3) is 2.46. The van der Waals surface area contributed by atoms with Crippen molar-refractivity contribution in [2.45, 2.75) is 11.8 Å². The monoisotopic (exact) mass is 294 g/mol. The maximum Gasteiger partial charge on any atom is 0.264 e. The predicted octanol–water partition coefficient (Wildman–Crippen LogP) is 2.54. The van der Waals surface area contributed by atoms with E-state index in [1.165, 1.54) is 13.1 Å². The van der Waals surface area contributed by atoms with Gasteiger partial charge in [0.05, 0.1) is 16.3 Å². The molecular formula is C14H15FN2O2S. The summed E-state index contributed by atoms with van der Waals surface area (Å²) < 4.78 is 39.3. The number of nitrogen functional groups attached to an aromatic ring is 1. The van der Waals surface area contributed by atoms with Gasteiger partial charge in [0.2, 0.25) is 0 Å². The van der Waals surface area contributed by atoms with Gasteiger partial charge in [0.15, 0.2) is 0 Å². The van der Waals surface area contributed by atoms with E-state index >= 15 is 0 Å². The van der Waals surface area contributed by atoms with Crippen molar-refractivity contribution in [3.63, 3.8) is 0 Å². The van der Waals surface area contributed by atoms with Crippen molar-refractivity contribution in [2.75, 3.05) is 17.1 Å². The molecule has 20 heavy (non-hydrogen) atoms. The van der Waals surface area contributed by atoms with Crippen LogP contribution in [0.15, 0.2) is 47.4 Å². The Balaban J connectivity index is 2.50. The molecule has 0 unspecified atom stereocenters. The molecule has 0 aliphatic heterocycles. The van der Waals surface area contributed by atoms with Crippen LogP contribution in [0.3, 0.4) is 0 Å². The summed E-state index contributed by atoms with van der Waals surface area (Å²) in [6, 6.07) is 10.5. The standard InChI is InChI=1S/C14H15FN2O2S/c1-10-5-3-4-6-14(10)17(2)20(18,19)11-7-8-12(15)13(16)9-11/h3-9H,16H2,1-2H3. The number of sulfonamides is 1. The first-order valence-electron chi connectivity index (χ1n) is 5.93. The highest BCUT2D eigenvalue weighted by Gasteiger charge is 2.23. The summed E-state index contributed by atoms with van der Waals surface area (Å²) in [6.45, 7) is 1.82. The summed E-state index contributed by atoms with van der Waals surface area (Å²) in [5.41, 5.74) is 6.63. The zero-order valence-corrected chi connectivity index (χ0v) is 12.0. The number of hydrogen-bond acceptors (Lipinski definition) is 3. The normalized spacial score (nSPS) is 11.3. The Morgan fingerprint density at radius 2 is 1.80 bits per heavy atom. The molecule has 2 aromatic carbocycles. The molecule has 6 heteroatoms. The quantitative estimate of drug-likeness (QED) is 0.885. The molecule has 2 aromatic rings. The largest absolute Gasteiger partial charge is 0.396 e. The maximum atomic E-state index is 13.1. The number of nitrogens with zero attached hydrogens (tertiary/aromatic N) is 1. The van der Waals surface area contributed by atoms with Gasteiger partial charge in [0.25, 0.3) is 10.0 Å². The lowest BCUT2D eigenvalue weighted by Crippen LogP contribution is -2.27. The third-order valence-corrected chi connectivity index (χ3v) is 4.85. The van der Waals surface area contributed by atoms with Gasteiger partial charge in [-0.1, -0.05) is 18.2 Å². The number of aryl methyl sites for hydroxylation is 1. The van der Waals surface area contributed by atoms with Crippen molar-refractivity contribution in [3.05, 3.63) is 53.8 Å². The Kier molecular flexibility index (Phi) is 3.67. The number of nitrogens with two attached hydrogens (primary N) is 1. The van der Waals surface area contributed by atoms with Crippen LogP contribution in [0.1, 0.15) is 5.56 Å². The molecule has 2 N–H and O–H groups in total. The second-order valence-electron chi connectivity index (χ2n) is 4.44. The van der Waals surface area contributed by atoms with Gasteiger partial charge < -0.3 is 5.73 Å². The molecular weight excluding hydrogens is 279 g/mol. The van der Waals surface area contributed by atoms with Crippen LogP contribution in [-0.4, -0.2) is 15.5 Å². The first kappa shape index (κ1) is 14.3. The number of benzene rings is 2. The summed E-state index contributed by atoms with van der Waals surface area (Å²) in [6.07, 6.45) is 0. The Labute approximate surface area is 117 Å². The minimum Gasteiger partial charge on any atom is -0.396 e. The van der Waals surface area contributed by atoms with Crippen LogP contribution in [0.4, 0.5) is 15.8 Å². The molecule has 0 spiro atoms. The Hall–Kier alpha value is -2.08. The molecule has 106 valence electrons. The van der Waals surface area contributed by atoms with Crippen molar-refractivity contribution in [1.82, 2.24) is 0 Å². The van der Waals surface area contributed by atoms with E-state index in [4.69, 9.17) is 5.73 Å². The summed E-state index contributed by atoms with van der Waals surface area (Å²) >= 11 is 0. The fourth-order valence-electron chi connectivity index (χ4n) is 1.89. The van der Waals surface area contributed by atoms with Crippen molar-refractivity contribution in [3.8, 4) is 0 Å². The van der Waals surface area contributed by atoms with Crippen LogP contribution in [0, 0.1) is 12.7 Å². The van der Waals surface area contributed by atoms with Crippen LogP contribution < -0.4 is 10.0 Å². The Morgan fingerprint density at radius 3 is 2.40 bits per heavy atom. The van der Waals surface area contributed by atoms with Crippen molar-refractivity contribution < 1.29 is 12.8 Å². The molecule has 0 aliphatic rings. The number of halogens is 1. The topological polar surface area (TPSA) is 63.4 Å². The van der Waals surface area contributed by atoms with Crippen molar-refractivity contribution in [2.24, 2.45) is 0 Å². The SMILES string of the molecule is Cc1ccccc1N(C)S(=O)(=O)c1ccc(F)c(N)c1. The molecule has 0 aromatic heterocycles. The highest BCUT2D eigenvalue weighted by atomic mass is 32.2. The molecule has 0 radical (unpaired) electrons. The molecule has 0 heterocycles. The van der Waals surface area contributed by atoms with Gasteiger partial charge in [-0.25, -0.2) is 12.8 Å². The molecule has 0 atom stereocenters. The average molecular weight is 294 g/mol. The summed E-state index contributed by atoms with van der Waals surface area (Å²) in [5.74, 6) is -0.637. The van der Waals surface area contributed by atoms with Gasteiger partial charge in [0.1, 0.15) is 5.82 Å². The van der Waals surface area contributed by atoms with E-state index < -0.39 is 15.8 Å². The van der Waals surface area contributed by atoms with Gasteiger partial charge in [-0.05, 0) is 36.8 Å². The summed E-state index contributed by atoms with van der Waals surface area (Å²) in [7, 11) is -2.31. The molecule has 0 amide bonds. The first-order valence-corrected chi connectivity index (χ1v) is 7.37. The number of hydrogen-bond donors (Lipinski definition) is 1. The molecule has 0 bridgehead atoms. The van der Waals surface area contributed by atoms with E-state index in [0.717, 1.165) is 22.0 Å². The summed E-state index contributed by atoms with van der Waals surface area (Å²) in [4.78, 5) is -0.0397. The average Bonchev–Trinajstić information content (AvgIpc) is 2.41. The third-order valence-electron chi connectivity index (χ3n) is 3.08. The van der Waals surface area contributed by atoms with Crippen LogP contribution in [0.2, 0.25) is 0 Å². The van der Waals surface area contributed by atoms with E-state index in [9.17, 15) is 12.8 Å². The van der Waals surface area contributed by atoms with Gasteiger partial charge >= 0.3 is 0 Å². The highest BCUT2D eigenvalue weighted by Crippen LogP contribution is 2.26. The minimum absolute atomic E-state index is 0.0397. The first-order chi connectivity index (χ1) is 9.34. The van der Waals surface area contributed by atoms with E-state index in [1.807, 2.05) is 19.1 Å². The lowest BCUT2D eigenvalue weighted by molar-refractivity contribution is 0.593. The van der Waals surface area contributed by atoms with Gasteiger partial charge in [-0.2, -0.15) is 0 Å². The van der Waals surface area contributed by atoms with E-state index in [0.29, 0.717) is 5.69 Å². The molecule has 0 saturated heterocycles. The van der Waals surface area contributed by atoms with Gasteiger partial charge in [0, 0.05) is 7.05 Å². The second-order valence-corrected chi connectivity index (χ2v) is 6.41. The molecule has 4 nitrogen and oxygen atoms in total. The zero-order valence-electron chi connectivity index (χ0n) is 11.2. The molecule has 0 saturated carbocycles. The smallest absolute Gasteiger partial charge is 0.264 e. The molecule has 2 rings (SSSR count). The van der Waals surface area contributed by atoms with Crippen LogP contribution in [0.5, 0.6) is 0 Å². The molecule has 0 fully saturated rings. The fourth-order valence-corrected chi connectivity index (χ4v) is 3.18. The van der Waals surface area contributed by atoms with Crippen LogP contribution >= 0.6 is 0 Å². The van der Waals surface area contributed by atoms with E-state index in [1.54, 1.807) is 12.1 Å². The van der Waals surface area contributed by atoms with Crippen LogP contribution in [-0.2, 0) is 10.0 Å². The van der Waals surface area contributed by atoms with Crippen molar-refractivity contribution in [1.29, 1.82) is 0 Å². The minimum atomic E-state index is -3.77. The zero-order chi connectivity index (χ0) is 14.9. The predicted molar refractivity (Wildman–Crippen MR) is 77.6 cm³/mol. The fraction of sp³-hybridized carbons (Fsp3) is 0.143. The Morgan fingerprint density at radius 1 is 1.15 bits per heavy atom.